The third-order valence-electron chi connectivity index (χ3n) is 2.68. The highest BCUT2D eigenvalue weighted by atomic mass is 16.5. The van der Waals surface area contributed by atoms with E-state index in [0.717, 1.165) is 11.3 Å². The van der Waals surface area contributed by atoms with Gasteiger partial charge in [0, 0.05) is 6.42 Å². The Balaban J connectivity index is 2.74. The summed E-state index contributed by atoms with van der Waals surface area (Å²) in [5, 5.41) is 2.46. The topological polar surface area (TPSA) is 103 Å². The molecule has 1 aromatic rings. The molecule has 0 bridgehead atoms. The smallest absolute Gasteiger partial charge is 0.329 e. The molecule has 0 radical (unpaired) electrons. The lowest BCUT2D eigenvalue weighted by molar-refractivity contribution is -0.145. The number of hydrazine groups is 1. The number of benzene rings is 1. The summed E-state index contributed by atoms with van der Waals surface area (Å²) >= 11 is 0. The van der Waals surface area contributed by atoms with Crippen molar-refractivity contribution in [2.45, 2.75) is 26.3 Å². The van der Waals surface area contributed by atoms with Crippen LogP contribution in [-0.4, -0.2) is 31.3 Å². The van der Waals surface area contributed by atoms with Crippen LogP contribution in [0.2, 0.25) is 0 Å². The van der Waals surface area contributed by atoms with E-state index in [2.05, 4.69) is 5.32 Å². The monoisotopic (exact) mass is 295 g/mol. The van der Waals surface area contributed by atoms with Gasteiger partial charge < -0.3 is 14.8 Å². The fourth-order valence-electron chi connectivity index (χ4n) is 1.76. The van der Waals surface area contributed by atoms with Crippen molar-refractivity contribution in [1.82, 2.24) is 10.7 Å². The van der Waals surface area contributed by atoms with Crippen LogP contribution in [0.1, 0.15) is 19.4 Å². The van der Waals surface area contributed by atoms with Gasteiger partial charge in [0.05, 0.1) is 13.2 Å². The number of nitrogens with one attached hydrogen (secondary N) is 2. The first kappa shape index (κ1) is 16.8. The molecule has 0 heterocycles. The summed E-state index contributed by atoms with van der Waals surface area (Å²) in [5.41, 5.74) is 2.80. The van der Waals surface area contributed by atoms with Gasteiger partial charge in [-0.05, 0) is 31.5 Å². The Bertz CT molecular complexity index is 462. The maximum absolute atomic E-state index is 11.8. The van der Waals surface area contributed by atoms with E-state index < -0.39 is 18.0 Å². The zero-order valence-corrected chi connectivity index (χ0v) is 12.2. The van der Waals surface area contributed by atoms with E-state index in [9.17, 15) is 9.59 Å². The molecule has 0 spiro atoms. The van der Waals surface area contributed by atoms with Crippen LogP contribution in [0.3, 0.4) is 0 Å². The summed E-state index contributed by atoms with van der Waals surface area (Å²) in [6.45, 7) is 4.43. The fourth-order valence-corrected chi connectivity index (χ4v) is 1.76. The highest BCUT2D eigenvalue weighted by Crippen LogP contribution is 2.13. The van der Waals surface area contributed by atoms with Crippen molar-refractivity contribution >= 4 is 12.0 Å². The molecule has 0 aliphatic carbocycles. The van der Waals surface area contributed by atoms with E-state index in [4.69, 9.17) is 15.3 Å². The molecule has 0 aromatic heterocycles. The number of ether oxygens (including phenoxy) is 2. The van der Waals surface area contributed by atoms with Gasteiger partial charge in [0.15, 0.2) is 0 Å². The summed E-state index contributed by atoms with van der Waals surface area (Å²) < 4.78 is 10.3. The quantitative estimate of drug-likeness (QED) is 0.298. The lowest BCUT2D eigenvalue weighted by atomic mass is 10.1. The zero-order valence-electron chi connectivity index (χ0n) is 12.2. The molecular weight excluding hydrogens is 274 g/mol. The van der Waals surface area contributed by atoms with Gasteiger partial charge in [-0.3, -0.25) is 5.43 Å². The van der Waals surface area contributed by atoms with Crippen molar-refractivity contribution in [1.29, 1.82) is 0 Å². The van der Waals surface area contributed by atoms with Crippen molar-refractivity contribution in [3.63, 3.8) is 0 Å². The first-order chi connectivity index (χ1) is 10.1. The van der Waals surface area contributed by atoms with Crippen LogP contribution >= 0.6 is 0 Å². The Kier molecular flexibility index (Phi) is 7.03. The average Bonchev–Trinajstić information content (AvgIpc) is 2.48. The first-order valence-corrected chi connectivity index (χ1v) is 6.76. The van der Waals surface area contributed by atoms with Crippen molar-refractivity contribution < 1.29 is 19.1 Å². The summed E-state index contributed by atoms with van der Waals surface area (Å²) in [5.74, 6) is 5.26. The van der Waals surface area contributed by atoms with E-state index in [-0.39, 0.29) is 6.61 Å². The van der Waals surface area contributed by atoms with Crippen LogP contribution in [-0.2, 0) is 16.0 Å². The Labute approximate surface area is 123 Å². The molecule has 7 nitrogen and oxygen atoms in total. The minimum absolute atomic E-state index is 0.241. The molecule has 0 saturated heterocycles. The molecule has 0 aliphatic rings. The van der Waals surface area contributed by atoms with E-state index in [1.54, 1.807) is 6.92 Å². The van der Waals surface area contributed by atoms with Gasteiger partial charge in [0.1, 0.15) is 11.8 Å². The largest absolute Gasteiger partial charge is 0.494 e. The summed E-state index contributed by atoms with van der Waals surface area (Å²) in [6, 6.07) is 5.84. The minimum atomic E-state index is -0.800. The molecule has 2 amide bonds. The third-order valence-corrected chi connectivity index (χ3v) is 2.68. The molecule has 0 saturated carbocycles. The molecule has 0 aliphatic heterocycles. The van der Waals surface area contributed by atoms with Crippen LogP contribution < -0.4 is 21.3 Å². The highest BCUT2D eigenvalue weighted by molar-refractivity contribution is 5.83. The van der Waals surface area contributed by atoms with Gasteiger partial charge in [-0.25, -0.2) is 15.4 Å². The number of hydrogen-bond acceptors (Lipinski definition) is 5. The van der Waals surface area contributed by atoms with Crippen molar-refractivity contribution in [2.75, 3.05) is 13.2 Å². The minimum Gasteiger partial charge on any atom is -0.494 e. The second-order valence-electron chi connectivity index (χ2n) is 4.20. The van der Waals surface area contributed by atoms with Crippen LogP contribution in [0.25, 0.3) is 0 Å². The number of carbonyl (C=O) groups is 2. The maximum atomic E-state index is 11.8. The highest BCUT2D eigenvalue weighted by Gasteiger charge is 2.22. The van der Waals surface area contributed by atoms with Crippen molar-refractivity contribution in [3.05, 3.63) is 29.8 Å². The Morgan fingerprint density at radius 3 is 2.38 bits per heavy atom. The van der Waals surface area contributed by atoms with Crippen LogP contribution in [0, 0.1) is 0 Å². The summed E-state index contributed by atoms with van der Waals surface area (Å²) in [6.07, 6.45) is 0.304. The second-order valence-corrected chi connectivity index (χ2v) is 4.20. The van der Waals surface area contributed by atoms with Crippen LogP contribution in [0.5, 0.6) is 5.75 Å². The second kappa shape index (κ2) is 8.80. The third kappa shape index (κ3) is 5.70. The number of nitrogens with two attached hydrogens (primary N) is 1. The maximum Gasteiger partial charge on any atom is 0.329 e. The van der Waals surface area contributed by atoms with Gasteiger partial charge in [-0.2, -0.15) is 0 Å². The van der Waals surface area contributed by atoms with Crippen molar-refractivity contribution in [3.8, 4) is 5.75 Å². The Hall–Kier alpha value is -2.28. The lowest BCUT2D eigenvalue weighted by Crippen LogP contribution is -2.49. The van der Waals surface area contributed by atoms with Gasteiger partial charge in [-0.15, -0.1) is 0 Å². The average molecular weight is 295 g/mol. The Morgan fingerprint density at radius 1 is 1.19 bits per heavy atom. The van der Waals surface area contributed by atoms with Crippen LogP contribution in [0.4, 0.5) is 4.79 Å². The van der Waals surface area contributed by atoms with E-state index in [1.807, 2.05) is 36.6 Å². The normalized spacial score (nSPS) is 11.4. The molecule has 4 N–H and O–H groups in total. The molecule has 0 unspecified atom stereocenters. The van der Waals surface area contributed by atoms with Gasteiger partial charge >= 0.3 is 12.0 Å². The number of urea groups is 1. The van der Waals surface area contributed by atoms with E-state index in [1.165, 1.54) is 0 Å². The Morgan fingerprint density at radius 2 is 1.86 bits per heavy atom. The predicted octanol–water partition coefficient (Wildman–Crippen LogP) is 0.732. The number of hydrogen-bond donors (Lipinski definition) is 3. The molecular formula is C14H21N3O4. The van der Waals surface area contributed by atoms with Gasteiger partial charge in [-0.1, -0.05) is 12.1 Å². The van der Waals surface area contributed by atoms with Gasteiger partial charge in [0.25, 0.3) is 0 Å². The van der Waals surface area contributed by atoms with Gasteiger partial charge in [0.2, 0.25) is 0 Å². The van der Waals surface area contributed by atoms with E-state index in [0.29, 0.717) is 13.0 Å². The number of rotatable bonds is 7. The molecule has 1 rings (SSSR count). The molecule has 0 fully saturated rings. The SMILES string of the molecule is CCOC(=O)[C@H](Cc1ccc(OCC)cc1)NC(=O)NN. The summed E-state index contributed by atoms with van der Waals surface area (Å²) in [4.78, 5) is 23.1. The molecule has 1 atom stereocenters. The van der Waals surface area contributed by atoms with Crippen LogP contribution in [0.15, 0.2) is 24.3 Å². The summed E-state index contributed by atoms with van der Waals surface area (Å²) in [7, 11) is 0. The van der Waals surface area contributed by atoms with E-state index >= 15 is 0 Å². The zero-order chi connectivity index (χ0) is 15.7. The number of carbonyl (C=O) groups excluding carboxylic acids is 2. The molecule has 1 aromatic carbocycles. The first-order valence-electron chi connectivity index (χ1n) is 6.76. The molecule has 21 heavy (non-hydrogen) atoms. The standard InChI is InChI=1S/C14H21N3O4/c1-3-20-11-7-5-10(6-8-11)9-12(13(18)21-4-2)16-14(19)17-15/h5-8,12H,3-4,9,15H2,1-2H3,(H2,16,17,19)/t12-/m0/s1. The number of esters is 1. The fraction of sp³-hybridized carbons (Fsp3) is 0.429. The molecule has 116 valence electrons. The predicted molar refractivity (Wildman–Crippen MR) is 77.6 cm³/mol. The lowest BCUT2D eigenvalue weighted by Gasteiger charge is -2.17. The number of amides is 2. The van der Waals surface area contributed by atoms with Crippen molar-refractivity contribution in [2.24, 2.45) is 5.84 Å². The molecule has 7 heteroatoms.